The number of primary amides is 1. The van der Waals surface area contributed by atoms with Gasteiger partial charge in [0, 0.05) is 13.0 Å². The van der Waals surface area contributed by atoms with Crippen LogP contribution in [0.25, 0.3) is 0 Å². The number of carbonyl (C=O) groups is 3. The molecule has 3 amide bonds. The standard InChI is InChI=1S/C13H17N3O4/c14-11(17)6-7-15-12(18)8-16-13(19)20-9-10-4-2-1-3-5-10/h1-5H,6-9H2,(H2,14,17)(H,15,18)(H,16,19). The maximum absolute atomic E-state index is 11.3. The van der Waals surface area contributed by atoms with Crippen molar-refractivity contribution < 1.29 is 19.1 Å². The Balaban J connectivity index is 2.13. The summed E-state index contributed by atoms with van der Waals surface area (Å²) < 4.78 is 4.92. The molecule has 20 heavy (non-hydrogen) atoms. The zero-order valence-electron chi connectivity index (χ0n) is 10.9. The van der Waals surface area contributed by atoms with Crippen molar-refractivity contribution in [3.05, 3.63) is 35.9 Å². The van der Waals surface area contributed by atoms with E-state index in [4.69, 9.17) is 10.5 Å². The summed E-state index contributed by atoms with van der Waals surface area (Å²) >= 11 is 0. The third-order valence-corrected chi connectivity index (χ3v) is 2.30. The number of benzene rings is 1. The van der Waals surface area contributed by atoms with Gasteiger partial charge >= 0.3 is 6.09 Å². The molecule has 108 valence electrons. The molecule has 0 fully saturated rings. The van der Waals surface area contributed by atoms with E-state index in [9.17, 15) is 14.4 Å². The van der Waals surface area contributed by atoms with Crippen molar-refractivity contribution in [1.82, 2.24) is 10.6 Å². The molecule has 0 aliphatic rings. The van der Waals surface area contributed by atoms with Crippen molar-refractivity contribution in [3.8, 4) is 0 Å². The van der Waals surface area contributed by atoms with Crippen LogP contribution in [0, 0.1) is 0 Å². The normalized spacial score (nSPS) is 9.60. The molecular weight excluding hydrogens is 262 g/mol. The molecule has 0 bridgehead atoms. The topological polar surface area (TPSA) is 111 Å². The van der Waals surface area contributed by atoms with Gasteiger partial charge in [-0.3, -0.25) is 9.59 Å². The predicted molar refractivity (Wildman–Crippen MR) is 71.5 cm³/mol. The van der Waals surface area contributed by atoms with Crippen LogP contribution in [0.5, 0.6) is 0 Å². The Kier molecular flexibility index (Phi) is 6.60. The number of hydrogen-bond acceptors (Lipinski definition) is 4. The summed E-state index contributed by atoms with van der Waals surface area (Å²) in [4.78, 5) is 33.0. The molecule has 0 spiro atoms. The first-order valence-corrected chi connectivity index (χ1v) is 6.07. The third-order valence-electron chi connectivity index (χ3n) is 2.30. The largest absolute Gasteiger partial charge is 0.445 e. The Bertz CT molecular complexity index is 462. The van der Waals surface area contributed by atoms with Crippen LogP contribution in [-0.4, -0.2) is 31.0 Å². The van der Waals surface area contributed by atoms with Crippen LogP contribution in [0.1, 0.15) is 12.0 Å². The van der Waals surface area contributed by atoms with Crippen molar-refractivity contribution in [2.24, 2.45) is 5.73 Å². The fraction of sp³-hybridized carbons (Fsp3) is 0.308. The van der Waals surface area contributed by atoms with Crippen LogP contribution in [0.3, 0.4) is 0 Å². The van der Waals surface area contributed by atoms with Gasteiger partial charge in [0.15, 0.2) is 0 Å². The first kappa shape index (κ1) is 15.5. The molecule has 0 radical (unpaired) electrons. The molecule has 1 rings (SSSR count). The van der Waals surface area contributed by atoms with E-state index < -0.39 is 17.9 Å². The van der Waals surface area contributed by atoms with E-state index in [1.54, 1.807) is 0 Å². The molecule has 0 atom stereocenters. The van der Waals surface area contributed by atoms with Gasteiger partial charge in [0.1, 0.15) is 6.61 Å². The highest BCUT2D eigenvalue weighted by atomic mass is 16.5. The second-order valence-corrected chi connectivity index (χ2v) is 3.98. The maximum Gasteiger partial charge on any atom is 0.407 e. The minimum Gasteiger partial charge on any atom is -0.445 e. The van der Waals surface area contributed by atoms with Crippen LogP contribution >= 0.6 is 0 Å². The maximum atomic E-state index is 11.3. The Morgan fingerprint density at radius 1 is 1.10 bits per heavy atom. The summed E-state index contributed by atoms with van der Waals surface area (Å²) in [5.74, 6) is -0.913. The van der Waals surface area contributed by atoms with Crippen LogP contribution in [0.4, 0.5) is 4.79 Å². The molecule has 0 saturated carbocycles. The molecular formula is C13H17N3O4. The second kappa shape index (κ2) is 8.52. The number of hydrogen-bond donors (Lipinski definition) is 3. The van der Waals surface area contributed by atoms with E-state index in [0.29, 0.717) is 0 Å². The van der Waals surface area contributed by atoms with Gasteiger partial charge in [-0.1, -0.05) is 30.3 Å². The molecule has 4 N–H and O–H groups in total. The summed E-state index contributed by atoms with van der Waals surface area (Å²) in [7, 11) is 0. The van der Waals surface area contributed by atoms with Gasteiger partial charge in [0.2, 0.25) is 11.8 Å². The molecule has 1 aromatic carbocycles. The zero-order valence-corrected chi connectivity index (χ0v) is 10.9. The highest BCUT2D eigenvalue weighted by molar-refractivity contribution is 5.82. The summed E-state index contributed by atoms with van der Waals surface area (Å²) in [6, 6.07) is 9.18. The van der Waals surface area contributed by atoms with Gasteiger partial charge in [-0.2, -0.15) is 0 Å². The van der Waals surface area contributed by atoms with Crippen molar-refractivity contribution in [2.45, 2.75) is 13.0 Å². The predicted octanol–water partition coefficient (Wildman–Crippen LogP) is -0.0956. The fourth-order valence-electron chi connectivity index (χ4n) is 1.31. The molecule has 0 aromatic heterocycles. The molecule has 0 unspecified atom stereocenters. The number of nitrogens with two attached hydrogens (primary N) is 1. The van der Waals surface area contributed by atoms with Gasteiger partial charge in [-0.25, -0.2) is 4.79 Å². The minimum absolute atomic E-state index is 0.0597. The van der Waals surface area contributed by atoms with E-state index >= 15 is 0 Å². The summed E-state index contributed by atoms with van der Waals surface area (Å²) in [6.07, 6.45) is -0.622. The Morgan fingerprint density at radius 2 is 1.80 bits per heavy atom. The van der Waals surface area contributed by atoms with E-state index in [0.717, 1.165) is 5.56 Å². The Labute approximate surface area is 116 Å². The monoisotopic (exact) mass is 279 g/mol. The van der Waals surface area contributed by atoms with Crippen molar-refractivity contribution >= 4 is 17.9 Å². The average Bonchev–Trinajstić information content (AvgIpc) is 2.43. The van der Waals surface area contributed by atoms with Gasteiger partial charge in [0.05, 0.1) is 6.54 Å². The van der Waals surface area contributed by atoms with Crippen LogP contribution in [0.2, 0.25) is 0 Å². The van der Waals surface area contributed by atoms with E-state index in [1.807, 2.05) is 30.3 Å². The summed E-state index contributed by atoms with van der Waals surface area (Å²) in [5, 5.41) is 4.73. The lowest BCUT2D eigenvalue weighted by molar-refractivity contribution is -0.120. The van der Waals surface area contributed by atoms with Crippen LogP contribution in [-0.2, 0) is 20.9 Å². The number of alkyl carbamates (subject to hydrolysis) is 1. The molecule has 0 heterocycles. The zero-order chi connectivity index (χ0) is 14.8. The lowest BCUT2D eigenvalue weighted by Crippen LogP contribution is -2.38. The molecule has 0 aliphatic heterocycles. The molecule has 1 aromatic rings. The van der Waals surface area contributed by atoms with E-state index in [2.05, 4.69) is 10.6 Å². The average molecular weight is 279 g/mol. The SMILES string of the molecule is NC(=O)CCNC(=O)CNC(=O)OCc1ccccc1. The third kappa shape index (κ3) is 7.00. The lowest BCUT2D eigenvalue weighted by Gasteiger charge is -2.07. The molecule has 0 saturated heterocycles. The number of amides is 3. The van der Waals surface area contributed by atoms with Gasteiger partial charge in [0.25, 0.3) is 0 Å². The minimum atomic E-state index is -0.682. The highest BCUT2D eigenvalue weighted by Gasteiger charge is 2.06. The van der Waals surface area contributed by atoms with E-state index in [1.165, 1.54) is 0 Å². The second-order valence-electron chi connectivity index (χ2n) is 3.98. The molecule has 7 nitrogen and oxygen atoms in total. The van der Waals surface area contributed by atoms with Crippen molar-refractivity contribution in [2.75, 3.05) is 13.1 Å². The molecule has 0 aliphatic carbocycles. The van der Waals surface area contributed by atoms with Gasteiger partial charge in [-0.05, 0) is 5.56 Å². The van der Waals surface area contributed by atoms with E-state index in [-0.39, 0.29) is 26.1 Å². The van der Waals surface area contributed by atoms with Crippen molar-refractivity contribution in [3.63, 3.8) is 0 Å². The summed E-state index contributed by atoms with van der Waals surface area (Å²) in [6.45, 7) is 0.0667. The van der Waals surface area contributed by atoms with Gasteiger partial charge in [-0.15, -0.1) is 0 Å². The number of carbonyl (C=O) groups excluding carboxylic acids is 3. The van der Waals surface area contributed by atoms with Crippen LogP contribution < -0.4 is 16.4 Å². The first-order valence-electron chi connectivity index (χ1n) is 6.07. The Morgan fingerprint density at radius 3 is 2.45 bits per heavy atom. The van der Waals surface area contributed by atoms with Crippen molar-refractivity contribution in [1.29, 1.82) is 0 Å². The Hall–Kier alpha value is -2.57. The first-order chi connectivity index (χ1) is 9.58. The lowest BCUT2D eigenvalue weighted by atomic mass is 10.2. The van der Waals surface area contributed by atoms with Gasteiger partial charge < -0.3 is 21.1 Å². The van der Waals surface area contributed by atoms with Crippen LogP contribution in [0.15, 0.2) is 30.3 Å². The number of ether oxygens (including phenoxy) is 1. The highest BCUT2D eigenvalue weighted by Crippen LogP contribution is 2.00. The number of rotatable bonds is 7. The smallest absolute Gasteiger partial charge is 0.407 e. The summed E-state index contributed by atoms with van der Waals surface area (Å²) in [5.41, 5.74) is 5.77. The quantitative estimate of drug-likeness (QED) is 0.647. The molecule has 7 heteroatoms. The number of nitrogens with one attached hydrogen (secondary N) is 2. The fourth-order valence-corrected chi connectivity index (χ4v) is 1.31.